The fourth-order valence-corrected chi connectivity index (χ4v) is 1.95. The average Bonchev–Trinajstić information content (AvgIpc) is 2.67. The molecule has 0 aliphatic carbocycles. The number of ether oxygens (including phenoxy) is 1. The van der Waals surface area contributed by atoms with E-state index in [1.165, 1.54) is 0 Å². The maximum Gasteiger partial charge on any atom is 0.355 e. The van der Waals surface area contributed by atoms with Crippen molar-refractivity contribution in [3.63, 3.8) is 0 Å². The average molecular weight is 232 g/mol. The van der Waals surface area contributed by atoms with Gasteiger partial charge in [-0.2, -0.15) is 0 Å². The highest BCUT2D eigenvalue weighted by atomic mass is 16.5. The van der Waals surface area contributed by atoms with E-state index in [0.29, 0.717) is 18.8 Å². The van der Waals surface area contributed by atoms with E-state index in [0.717, 1.165) is 22.0 Å². The molecule has 0 bridgehead atoms. The summed E-state index contributed by atoms with van der Waals surface area (Å²) < 4.78 is 5.00. The van der Waals surface area contributed by atoms with E-state index in [4.69, 9.17) is 10.5 Å². The molecule has 0 fully saturated rings. The minimum atomic E-state index is -0.346. The summed E-state index contributed by atoms with van der Waals surface area (Å²) in [5, 5.41) is 0.996. The van der Waals surface area contributed by atoms with Gasteiger partial charge >= 0.3 is 5.97 Å². The van der Waals surface area contributed by atoms with Crippen LogP contribution in [0, 0.1) is 6.92 Å². The Hall–Kier alpha value is -1.81. The number of aryl methyl sites for hydroxylation is 1. The van der Waals surface area contributed by atoms with Gasteiger partial charge in [0.25, 0.3) is 0 Å². The summed E-state index contributed by atoms with van der Waals surface area (Å²) >= 11 is 0. The number of aromatic amines is 1. The van der Waals surface area contributed by atoms with Crippen LogP contribution >= 0.6 is 0 Å². The number of aromatic nitrogens is 1. The fourth-order valence-electron chi connectivity index (χ4n) is 1.95. The number of esters is 1. The number of fused-ring (bicyclic) bond motifs is 1. The standard InChI is InChI=1S/C13H16N2O2/c1-3-17-13(16)12-10(7-14)9-6-8(2)4-5-11(9)15-12/h4-6,15H,3,7,14H2,1-2H3. The first-order valence-electron chi connectivity index (χ1n) is 5.65. The van der Waals surface area contributed by atoms with Gasteiger partial charge in [0.05, 0.1) is 6.61 Å². The van der Waals surface area contributed by atoms with Gasteiger partial charge < -0.3 is 15.5 Å². The number of hydrogen-bond donors (Lipinski definition) is 2. The summed E-state index contributed by atoms with van der Waals surface area (Å²) in [6, 6.07) is 5.97. The van der Waals surface area contributed by atoms with Gasteiger partial charge in [-0.15, -0.1) is 0 Å². The summed E-state index contributed by atoms with van der Waals surface area (Å²) in [4.78, 5) is 14.8. The van der Waals surface area contributed by atoms with E-state index in [1.807, 2.05) is 25.1 Å². The van der Waals surface area contributed by atoms with E-state index in [1.54, 1.807) is 6.92 Å². The van der Waals surface area contributed by atoms with E-state index in [2.05, 4.69) is 4.98 Å². The van der Waals surface area contributed by atoms with Crippen molar-refractivity contribution in [1.82, 2.24) is 4.98 Å². The molecule has 0 unspecified atom stereocenters. The van der Waals surface area contributed by atoms with Gasteiger partial charge in [0.2, 0.25) is 0 Å². The van der Waals surface area contributed by atoms with Crippen molar-refractivity contribution in [1.29, 1.82) is 0 Å². The fraction of sp³-hybridized carbons (Fsp3) is 0.308. The Kier molecular flexibility index (Phi) is 3.15. The van der Waals surface area contributed by atoms with Gasteiger partial charge in [0.15, 0.2) is 0 Å². The lowest BCUT2D eigenvalue weighted by atomic mass is 10.1. The minimum Gasteiger partial charge on any atom is -0.461 e. The Bertz CT molecular complexity index is 558. The molecule has 0 spiro atoms. The lowest BCUT2D eigenvalue weighted by Gasteiger charge is -2.01. The highest BCUT2D eigenvalue weighted by molar-refractivity contribution is 5.98. The first-order valence-corrected chi connectivity index (χ1v) is 5.65. The Morgan fingerprint density at radius 3 is 2.88 bits per heavy atom. The molecule has 90 valence electrons. The summed E-state index contributed by atoms with van der Waals surface area (Å²) in [5.74, 6) is -0.346. The Morgan fingerprint density at radius 2 is 2.24 bits per heavy atom. The van der Waals surface area contributed by atoms with Gasteiger partial charge in [-0.05, 0) is 26.0 Å². The molecule has 0 aliphatic heterocycles. The molecular weight excluding hydrogens is 216 g/mol. The van der Waals surface area contributed by atoms with E-state index >= 15 is 0 Å². The lowest BCUT2D eigenvalue weighted by Crippen LogP contribution is -2.10. The molecule has 0 aliphatic rings. The second kappa shape index (κ2) is 4.59. The van der Waals surface area contributed by atoms with Crippen molar-refractivity contribution in [2.75, 3.05) is 6.61 Å². The van der Waals surface area contributed by atoms with Crippen LogP contribution in [0.2, 0.25) is 0 Å². The molecule has 2 aromatic rings. The molecule has 0 saturated heterocycles. The lowest BCUT2D eigenvalue weighted by molar-refractivity contribution is 0.0519. The van der Waals surface area contributed by atoms with Crippen LogP contribution in [0.3, 0.4) is 0 Å². The van der Waals surface area contributed by atoms with Crippen molar-refractivity contribution >= 4 is 16.9 Å². The topological polar surface area (TPSA) is 68.1 Å². The van der Waals surface area contributed by atoms with Gasteiger partial charge in [-0.1, -0.05) is 11.6 Å². The van der Waals surface area contributed by atoms with Gasteiger partial charge in [0.1, 0.15) is 5.69 Å². The van der Waals surface area contributed by atoms with Gasteiger partial charge in [-0.25, -0.2) is 4.79 Å². The molecule has 0 saturated carbocycles. The number of carbonyl (C=O) groups excluding carboxylic acids is 1. The van der Waals surface area contributed by atoms with E-state index < -0.39 is 0 Å². The van der Waals surface area contributed by atoms with Crippen molar-refractivity contribution in [2.24, 2.45) is 5.73 Å². The van der Waals surface area contributed by atoms with Crippen molar-refractivity contribution in [2.45, 2.75) is 20.4 Å². The first-order chi connectivity index (χ1) is 8.17. The number of carbonyl (C=O) groups is 1. The predicted octanol–water partition coefficient (Wildman–Crippen LogP) is 2.11. The third kappa shape index (κ3) is 2.03. The summed E-state index contributed by atoms with van der Waals surface area (Å²) in [7, 11) is 0. The van der Waals surface area contributed by atoms with Crippen LogP contribution in [0.25, 0.3) is 10.9 Å². The smallest absolute Gasteiger partial charge is 0.355 e. The molecular formula is C13H16N2O2. The van der Waals surface area contributed by atoms with E-state index in [9.17, 15) is 4.79 Å². The van der Waals surface area contributed by atoms with Crippen LogP contribution in [0.1, 0.15) is 28.5 Å². The number of nitrogens with two attached hydrogens (primary N) is 1. The molecule has 0 radical (unpaired) electrons. The first kappa shape index (κ1) is 11.7. The van der Waals surface area contributed by atoms with E-state index in [-0.39, 0.29) is 5.97 Å². The highest BCUT2D eigenvalue weighted by Crippen LogP contribution is 2.23. The van der Waals surface area contributed by atoms with Crippen molar-refractivity contribution in [3.05, 3.63) is 35.0 Å². The number of H-pyrrole nitrogens is 1. The molecule has 0 atom stereocenters. The largest absolute Gasteiger partial charge is 0.461 e. The third-order valence-corrected chi connectivity index (χ3v) is 2.75. The Labute approximate surface area is 99.8 Å². The van der Waals surface area contributed by atoms with Crippen LogP contribution in [0.4, 0.5) is 0 Å². The molecule has 4 heteroatoms. The maximum atomic E-state index is 11.8. The molecule has 3 N–H and O–H groups in total. The zero-order valence-electron chi connectivity index (χ0n) is 10.0. The number of rotatable bonds is 3. The molecule has 0 amide bonds. The maximum absolute atomic E-state index is 11.8. The van der Waals surface area contributed by atoms with Crippen LogP contribution in [0.15, 0.2) is 18.2 Å². The summed E-state index contributed by atoms with van der Waals surface area (Å²) in [5.41, 5.74) is 9.06. The molecule has 17 heavy (non-hydrogen) atoms. The molecule has 1 aromatic carbocycles. The zero-order valence-corrected chi connectivity index (χ0v) is 10.0. The molecule has 1 heterocycles. The summed E-state index contributed by atoms with van der Waals surface area (Å²) in [6.07, 6.45) is 0. The monoisotopic (exact) mass is 232 g/mol. The molecule has 4 nitrogen and oxygen atoms in total. The normalized spacial score (nSPS) is 10.8. The number of hydrogen-bond acceptors (Lipinski definition) is 3. The Balaban J connectivity index is 2.60. The van der Waals surface area contributed by atoms with Crippen LogP contribution in [0.5, 0.6) is 0 Å². The minimum absolute atomic E-state index is 0.317. The number of nitrogens with one attached hydrogen (secondary N) is 1. The predicted molar refractivity (Wildman–Crippen MR) is 66.9 cm³/mol. The zero-order chi connectivity index (χ0) is 12.4. The molecule has 1 aromatic heterocycles. The molecule has 2 rings (SSSR count). The summed E-state index contributed by atoms with van der Waals surface area (Å²) in [6.45, 7) is 4.47. The second-order valence-electron chi connectivity index (χ2n) is 3.95. The van der Waals surface area contributed by atoms with Crippen LogP contribution in [-0.4, -0.2) is 17.6 Å². The third-order valence-electron chi connectivity index (χ3n) is 2.75. The van der Waals surface area contributed by atoms with Crippen molar-refractivity contribution in [3.8, 4) is 0 Å². The van der Waals surface area contributed by atoms with Gasteiger partial charge in [-0.3, -0.25) is 0 Å². The Morgan fingerprint density at radius 1 is 1.47 bits per heavy atom. The van der Waals surface area contributed by atoms with Crippen molar-refractivity contribution < 1.29 is 9.53 Å². The second-order valence-corrected chi connectivity index (χ2v) is 3.95. The number of benzene rings is 1. The van der Waals surface area contributed by atoms with Gasteiger partial charge in [0, 0.05) is 23.0 Å². The highest BCUT2D eigenvalue weighted by Gasteiger charge is 2.17. The van der Waals surface area contributed by atoms with Crippen LogP contribution in [-0.2, 0) is 11.3 Å². The quantitative estimate of drug-likeness (QED) is 0.796. The SMILES string of the molecule is CCOC(=O)c1[nH]c2ccc(C)cc2c1CN. The van der Waals surface area contributed by atoms with Crippen LogP contribution < -0.4 is 5.73 Å².